The first-order valence-electron chi connectivity index (χ1n) is 11.1. The number of benzene rings is 1. The van der Waals surface area contributed by atoms with Gasteiger partial charge in [-0.3, -0.25) is 4.79 Å². The second-order valence-corrected chi connectivity index (χ2v) is 11.1. The first-order valence-corrected chi connectivity index (χ1v) is 12.3. The third-order valence-corrected chi connectivity index (χ3v) is 7.23. The van der Waals surface area contributed by atoms with Gasteiger partial charge < -0.3 is 14.7 Å². The average Bonchev–Trinajstić information content (AvgIpc) is 2.97. The van der Waals surface area contributed by atoms with E-state index in [1.165, 1.54) is 32.4 Å². The van der Waals surface area contributed by atoms with Crippen molar-refractivity contribution in [2.75, 3.05) is 46.8 Å². The van der Waals surface area contributed by atoms with Crippen molar-refractivity contribution in [3.05, 3.63) is 45.8 Å². The van der Waals surface area contributed by atoms with Crippen LogP contribution in [0.2, 0.25) is 5.02 Å². The van der Waals surface area contributed by atoms with E-state index in [9.17, 15) is 4.79 Å². The number of rotatable bonds is 8. The van der Waals surface area contributed by atoms with E-state index in [1.807, 2.05) is 18.2 Å². The minimum Gasteiger partial charge on any atom is -0.322 e. The maximum absolute atomic E-state index is 13.4. The van der Waals surface area contributed by atoms with Crippen LogP contribution in [0, 0.1) is 5.41 Å². The molecule has 0 radical (unpaired) electrons. The van der Waals surface area contributed by atoms with Crippen molar-refractivity contribution in [3.63, 3.8) is 0 Å². The summed E-state index contributed by atoms with van der Waals surface area (Å²) in [7, 11) is 4.15. The summed E-state index contributed by atoms with van der Waals surface area (Å²) in [6, 6.07) is 7.96. The summed E-state index contributed by atoms with van der Waals surface area (Å²) >= 11 is 7.95. The molecule has 1 unspecified atom stereocenters. The molecular formula is C24H36ClN3OS. The molecule has 2 saturated heterocycles. The van der Waals surface area contributed by atoms with Gasteiger partial charge in [-0.1, -0.05) is 61.8 Å². The molecule has 0 aliphatic carbocycles. The zero-order chi connectivity index (χ0) is 21.7. The van der Waals surface area contributed by atoms with Crippen LogP contribution in [0.5, 0.6) is 0 Å². The molecule has 1 aromatic rings. The van der Waals surface area contributed by atoms with E-state index in [0.717, 1.165) is 41.5 Å². The monoisotopic (exact) mass is 449 g/mol. The Hall–Kier alpha value is -1.01. The van der Waals surface area contributed by atoms with Crippen LogP contribution in [-0.2, 0) is 4.79 Å². The lowest BCUT2D eigenvalue weighted by Crippen LogP contribution is -2.34. The van der Waals surface area contributed by atoms with Gasteiger partial charge in [0.1, 0.15) is 5.37 Å². The minimum atomic E-state index is -0.0653. The maximum Gasteiger partial charge on any atom is 0.261 e. The molecule has 30 heavy (non-hydrogen) atoms. The Kier molecular flexibility index (Phi) is 8.31. The van der Waals surface area contributed by atoms with E-state index < -0.39 is 0 Å². The van der Waals surface area contributed by atoms with E-state index in [2.05, 4.69) is 54.8 Å². The van der Waals surface area contributed by atoms with Crippen molar-refractivity contribution >= 4 is 29.3 Å². The highest BCUT2D eigenvalue weighted by molar-refractivity contribution is 8.04. The lowest BCUT2D eigenvalue weighted by Gasteiger charge is -2.28. The van der Waals surface area contributed by atoms with E-state index in [1.54, 1.807) is 11.8 Å². The molecule has 166 valence electrons. The molecule has 2 aliphatic heterocycles. The Balaban J connectivity index is 1.76. The van der Waals surface area contributed by atoms with E-state index in [4.69, 9.17) is 11.6 Å². The summed E-state index contributed by atoms with van der Waals surface area (Å²) in [5, 5.41) is 0.721. The fourth-order valence-corrected chi connectivity index (χ4v) is 6.22. The smallest absolute Gasteiger partial charge is 0.261 e. The summed E-state index contributed by atoms with van der Waals surface area (Å²) < 4.78 is 0. The molecule has 2 heterocycles. The molecule has 1 aromatic carbocycles. The predicted octanol–water partition coefficient (Wildman–Crippen LogP) is 5.26. The van der Waals surface area contributed by atoms with Gasteiger partial charge in [-0.15, -0.1) is 0 Å². The quantitative estimate of drug-likeness (QED) is 0.505. The van der Waals surface area contributed by atoms with Crippen molar-refractivity contribution in [1.29, 1.82) is 0 Å². The third kappa shape index (κ3) is 6.49. The molecular weight excluding hydrogens is 414 g/mol. The van der Waals surface area contributed by atoms with Gasteiger partial charge in [-0.25, -0.2) is 0 Å². The van der Waals surface area contributed by atoms with Crippen molar-refractivity contribution < 1.29 is 4.79 Å². The zero-order valence-corrected chi connectivity index (χ0v) is 20.4. The van der Waals surface area contributed by atoms with Gasteiger partial charge >= 0.3 is 0 Å². The van der Waals surface area contributed by atoms with Gasteiger partial charge in [0, 0.05) is 18.1 Å². The van der Waals surface area contributed by atoms with Gasteiger partial charge in [-0.05, 0) is 76.1 Å². The van der Waals surface area contributed by atoms with Crippen molar-refractivity contribution in [2.24, 2.45) is 5.41 Å². The predicted molar refractivity (Wildman–Crippen MR) is 129 cm³/mol. The number of hydrogen-bond acceptors (Lipinski definition) is 4. The number of carbonyl (C=O) groups is 1. The number of carbonyl (C=O) groups excluding carboxylic acids is 1. The molecule has 3 rings (SSSR count). The molecule has 0 aromatic heterocycles. The molecule has 4 nitrogen and oxygen atoms in total. The minimum absolute atomic E-state index is 0.000961. The number of hydrogen-bond donors (Lipinski definition) is 0. The van der Waals surface area contributed by atoms with Crippen LogP contribution >= 0.6 is 23.4 Å². The fourth-order valence-electron chi connectivity index (χ4n) is 4.57. The van der Waals surface area contributed by atoms with Crippen molar-refractivity contribution in [3.8, 4) is 0 Å². The number of halogens is 1. The van der Waals surface area contributed by atoms with Gasteiger partial charge in [0.05, 0.1) is 4.91 Å². The summed E-state index contributed by atoms with van der Waals surface area (Å²) in [5.41, 5.74) is 1.04. The first kappa shape index (κ1) is 23.6. The number of likely N-dealkylation sites (tertiary alicyclic amines) is 1. The Labute approximate surface area is 191 Å². The first-order chi connectivity index (χ1) is 14.2. The van der Waals surface area contributed by atoms with Crippen LogP contribution in [0.4, 0.5) is 0 Å². The Morgan fingerprint density at radius 3 is 2.60 bits per heavy atom. The van der Waals surface area contributed by atoms with Crippen LogP contribution in [-0.4, -0.2) is 67.4 Å². The Bertz CT molecular complexity index is 759. The third-order valence-electron chi connectivity index (χ3n) is 5.69. The average molecular weight is 450 g/mol. The molecule has 6 heteroatoms. The van der Waals surface area contributed by atoms with Gasteiger partial charge in [0.2, 0.25) is 0 Å². The van der Waals surface area contributed by atoms with Crippen molar-refractivity contribution in [2.45, 2.75) is 44.9 Å². The number of thioether (sulfide) groups is 1. The summed E-state index contributed by atoms with van der Waals surface area (Å²) in [4.78, 5) is 21.0. The molecule has 1 amide bonds. The molecule has 1 atom stereocenters. The number of nitrogens with zero attached hydrogens (tertiary/aromatic N) is 3. The highest BCUT2D eigenvalue weighted by Gasteiger charge is 2.38. The normalized spacial score (nSPS) is 22.5. The lowest BCUT2D eigenvalue weighted by molar-refractivity contribution is -0.126. The Morgan fingerprint density at radius 1 is 1.20 bits per heavy atom. The number of piperidine rings is 1. The van der Waals surface area contributed by atoms with E-state index >= 15 is 0 Å². The van der Waals surface area contributed by atoms with Crippen LogP contribution < -0.4 is 0 Å². The molecule has 0 N–H and O–H groups in total. The lowest BCUT2D eigenvalue weighted by atomic mass is 9.92. The van der Waals surface area contributed by atoms with Crippen LogP contribution in [0.25, 0.3) is 0 Å². The summed E-state index contributed by atoms with van der Waals surface area (Å²) in [6.07, 6.45) is 7.14. The van der Waals surface area contributed by atoms with Gasteiger partial charge in [0.25, 0.3) is 5.91 Å². The van der Waals surface area contributed by atoms with E-state index in [0.29, 0.717) is 0 Å². The summed E-state index contributed by atoms with van der Waals surface area (Å²) in [5.74, 6) is 0.162. The van der Waals surface area contributed by atoms with E-state index in [-0.39, 0.29) is 16.7 Å². The second kappa shape index (κ2) is 10.5. The zero-order valence-electron chi connectivity index (χ0n) is 18.9. The molecule has 0 spiro atoms. The highest BCUT2D eigenvalue weighted by Crippen LogP contribution is 2.47. The van der Waals surface area contributed by atoms with Crippen LogP contribution in [0.15, 0.2) is 35.2 Å². The molecule has 0 bridgehead atoms. The maximum atomic E-state index is 13.4. The highest BCUT2D eigenvalue weighted by atomic mass is 35.5. The molecule has 2 aliphatic rings. The van der Waals surface area contributed by atoms with Crippen molar-refractivity contribution in [1.82, 2.24) is 14.7 Å². The second-order valence-electron chi connectivity index (χ2n) is 9.51. The van der Waals surface area contributed by atoms with Gasteiger partial charge in [-0.2, -0.15) is 0 Å². The van der Waals surface area contributed by atoms with Crippen LogP contribution in [0.3, 0.4) is 0 Å². The SMILES string of the molecule is CN(C)CC(C)(C)C=C1SC(c2cccc(Cl)c2)N(CCCN2CCCCC2)C1=O. The molecule has 2 fully saturated rings. The summed E-state index contributed by atoms with van der Waals surface area (Å²) in [6.45, 7) is 9.55. The Morgan fingerprint density at radius 2 is 1.93 bits per heavy atom. The van der Waals surface area contributed by atoms with Crippen LogP contribution in [0.1, 0.15) is 50.5 Å². The van der Waals surface area contributed by atoms with Gasteiger partial charge in [0.15, 0.2) is 0 Å². The number of amides is 1. The fraction of sp³-hybridized carbons (Fsp3) is 0.625. The standard InChI is InChI=1S/C24H36ClN3OS/c1-24(2,18-26(3)4)17-21-22(29)28(15-9-14-27-12-6-5-7-13-27)23(30-21)19-10-8-11-20(25)16-19/h8,10-11,16-17,23H,5-7,9,12-15,18H2,1-4H3. The molecule has 0 saturated carbocycles. The topological polar surface area (TPSA) is 26.8 Å². The largest absolute Gasteiger partial charge is 0.322 e.